The van der Waals surface area contributed by atoms with E-state index in [4.69, 9.17) is 0 Å². The number of hydrogen-bond donors (Lipinski definition) is 0. The number of nitrogens with zero attached hydrogens (tertiary/aromatic N) is 7. The largest absolute Gasteiger partial charge is 0.351 e. The third kappa shape index (κ3) is 2.69. The lowest BCUT2D eigenvalue weighted by Crippen LogP contribution is -2.20. The fourth-order valence-corrected chi connectivity index (χ4v) is 2.34. The molecule has 0 aromatic carbocycles. The lowest BCUT2D eigenvalue weighted by Gasteiger charge is -2.17. The Labute approximate surface area is 129 Å². The van der Waals surface area contributed by atoms with Crippen molar-refractivity contribution in [3.8, 4) is 5.82 Å². The van der Waals surface area contributed by atoms with E-state index in [1.807, 2.05) is 61.8 Å². The van der Waals surface area contributed by atoms with Crippen molar-refractivity contribution in [2.45, 2.75) is 20.4 Å². The Hall–Kier alpha value is -2.70. The molecule has 3 aromatic heterocycles. The monoisotopic (exact) mass is 297 g/mol. The Balaban J connectivity index is 1.79. The molecule has 0 N–H and O–H groups in total. The van der Waals surface area contributed by atoms with E-state index in [0.29, 0.717) is 6.54 Å². The lowest BCUT2D eigenvalue weighted by atomic mass is 10.4. The highest BCUT2D eigenvalue weighted by molar-refractivity contribution is 5.39. The minimum atomic E-state index is 0.678. The Kier molecular flexibility index (Phi) is 3.62. The Morgan fingerprint density at radius 3 is 2.55 bits per heavy atom. The van der Waals surface area contributed by atoms with Gasteiger partial charge in [0.25, 0.3) is 0 Å². The molecular weight excluding hydrogens is 278 g/mol. The summed E-state index contributed by atoms with van der Waals surface area (Å²) in [4.78, 5) is 6.33. The molecule has 0 radical (unpaired) electrons. The summed E-state index contributed by atoms with van der Waals surface area (Å²) in [5.74, 6) is 2.50. The molecule has 0 bridgehead atoms. The second-order valence-corrected chi connectivity index (χ2v) is 5.40. The first kappa shape index (κ1) is 14.2. The van der Waals surface area contributed by atoms with Gasteiger partial charge in [0.1, 0.15) is 5.82 Å². The Morgan fingerprint density at radius 2 is 2.00 bits per heavy atom. The highest BCUT2D eigenvalue weighted by Gasteiger charge is 2.10. The maximum absolute atomic E-state index is 4.41. The zero-order chi connectivity index (χ0) is 15.7. The topological polar surface area (TPSA) is 64.7 Å². The van der Waals surface area contributed by atoms with Crippen LogP contribution in [0, 0.1) is 13.8 Å². The molecule has 7 heteroatoms. The minimum Gasteiger partial charge on any atom is -0.351 e. The van der Waals surface area contributed by atoms with Crippen LogP contribution in [0.2, 0.25) is 0 Å². The summed E-state index contributed by atoms with van der Waals surface area (Å²) >= 11 is 0. The zero-order valence-corrected chi connectivity index (χ0v) is 13.2. The third-order valence-corrected chi connectivity index (χ3v) is 3.55. The van der Waals surface area contributed by atoms with Gasteiger partial charge in [0.15, 0.2) is 11.6 Å². The van der Waals surface area contributed by atoms with Crippen LogP contribution in [0.3, 0.4) is 0 Å². The van der Waals surface area contributed by atoms with Gasteiger partial charge in [0.05, 0.1) is 12.2 Å². The number of aromatic nitrogens is 6. The zero-order valence-electron chi connectivity index (χ0n) is 13.2. The van der Waals surface area contributed by atoms with Gasteiger partial charge in [0, 0.05) is 32.2 Å². The maximum atomic E-state index is 4.41. The molecule has 0 spiro atoms. The highest BCUT2D eigenvalue weighted by Crippen LogP contribution is 2.14. The molecule has 3 heterocycles. The van der Waals surface area contributed by atoms with Gasteiger partial charge in [-0.1, -0.05) is 0 Å². The normalized spacial score (nSPS) is 10.9. The SMILES string of the molecule is Cc1cc(C)n(-c2ccc(N(C)Cc3nccn3C)nn2)n1. The molecule has 0 fully saturated rings. The second kappa shape index (κ2) is 5.59. The highest BCUT2D eigenvalue weighted by atomic mass is 15.4. The molecule has 0 atom stereocenters. The van der Waals surface area contributed by atoms with E-state index in [1.54, 1.807) is 10.9 Å². The van der Waals surface area contributed by atoms with Crippen LogP contribution in [0.5, 0.6) is 0 Å². The van der Waals surface area contributed by atoms with E-state index in [0.717, 1.165) is 28.8 Å². The fourth-order valence-electron chi connectivity index (χ4n) is 2.34. The first-order chi connectivity index (χ1) is 10.5. The molecule has 0 saturated heterocycles. The van der Waals surface area contributed by atoms with Crippen molar-refractivity contribution in [2.24, 2.45) is 7.05 Å². The van der Waals surface area contributed by atoms with Crippen LogP contribution in [-0.4, -0.2) is 36.6 Å². The minimum absolute atomic E-state index is 0.678. The van der Waals surface area contributed by atoms with Gasteiger partial charge in [-0.15, -0.1) is 10.2 Å². The second-order valence-electron chi connectivity index (χ2n) is 5.40. The van der Waals surface area contributed by atoms with Crippen LogP contribution in [-0.2, 0) is 13.6 Å². The molecule has 0 saturated carbocycles. The average molecular weight is 297 g/mol. The van der Waals surface area contributed by atoms with Gasteiger partial charge in [-0.25, -0.2) is 9.67 Å². The molecule has 0 unspecified atom stereocenters. The van der Waals surface area contributed by atoms with Crippen molar-refractivity contribution in [1.82, 2.24) is 29.5 Å². The number of imidazole rings is 1. The van der Waals surface area contributed by atoms with Gasteiger partial charge in [-0.3, -0.25) is 0 Å². The molecule has 114 valence electrons. The molecule has 7 nitrogen and oxygen atoms in total. The van der Waals surface area contributed by atoms with Gasteiger partial charge in [0.2, 0.25) is 0 Å². The number of hydrogen-bond acceptors (Lipinski definition) is 5. The van der Waals surface area contributed by atoms with Crippen LogP contribution >= 0.6 is 0 Å². The maximum Gasteiger partial charge on any atom is 0.176 e. The summed E-state index contributed by atoms with van der Waals surface area (Å²) in [6, 6.07) is 5.89. The van der Waals surface area contributed by atoms with Crippen LogP contribution < -0.4 is 4.90 Å². The quantitative estimate of drug-likeness (QED) is 0.732. The third-order valence-electron chi connectivity index (χ3n) is 3.55. The molecule has 22 heavy (non-hydrogen) atoms. The first-order valence-corrected chi connectivity index (χ1v) is 7.09. The molecule has 3 aromatic rings. The molecular formula is C15H19N7. The fraction of sp³-hybridized carbons (Fsp3) is 0.333. The lowest BCUT2D eigenvalue weighted by molar-refractivity contribution is 0.739. The van der Waals surface area contributed by atoms with E-state index < -0.39 is 0 Å². The Morgan fingerprint density at radius 1 is 1.18 bits per heavy atom. The van der Waals surface area contributed by atoms with Crippen LogP contribution in [0.25, 0.3) is 5.82 Å². The number of anilines is 1. The smallest absolute Gasteiger partial charge is 0.176 e. The van der Waals surface area contributed by atoms with Crippen LogP contribution in [0.15, 0.2) is 30.6 Å². The van der Waals surface area contributed by atoms with Crippen molar-refractivity contribution in [2.75, 3.05) is 11.9 Å². The van der Waals surface area contributed by atoms with E-state index in [1.165, 1.54) is 0 Å². The van der Waals surface area contributed by atoms with E-state index >= 15 is 0 Å². The summed E-state index contributed by atoms with van der Waals surface area (Å²) < 4.78 is 3.79. The summed E-state index contributed by atoms with van der Waals surface area (Å²) in [6.07, 6.45) is 3.72. The summed E-state index contributed by atoms with van der Waals surface area (Å²) in [5, 5.41) is 13.0. The predicted molar refractivity (Wildman–Crippen MR) is 83.9 cm³/mol. The van der Waals surface area contributed by atoms with Gasteiger partial charge in [-0.2, -0.15) is 5.10 Å². The van der Waals surface area contributed by atoms with E-state index in [2.05, 4.69) is 20.3 Å². The van der Waals surface area contributed by atoms with E-state index in [9.17, 15) is 0 Å². The summed E-state index contributed by atoms with van der Waals surface area (Å²) in [6.45, 7) is 4.64. The van der Waals surface area contributed by atoms with Crippen molar-refractivity contribution >= 4 is 5.82 Å². The molecule has 0 aliphatic rings. The van der Waals surface area contributed by atoms with Crippen LogP contribution in [0.1, 0.15) is 17.2 Å². The summed E-state index contributed by atoms with van der Waals surface area (Å²) in [7, 11) is 3.95. The van der Waals surface area contributed by atoms with Gasteiger partial charge < -0.3 is 9.47 Å². The Bertz CT molecular complexity index is 770. The predicted octanol–water partition coefficient (Wildman–Crippen LogP) is 1.65. The van der Waals surface area contributed by atoms with Gasteiger partial charge in [-0.05, 0) is 32.0 Å². The summed E-state index contributed by atoms with van der Waals surface area (Å²) in [5.41, 5.74) is 2.01. The van der Waals surface area contributed by atoms with E-state index in [-0.39, 0.29) is 0 Å². The number of rotatable bonds is 4. The van der Waals surface area contributed by atoms with Crippen molar-refractivity contribution in [1.29, 1.82) is 0 Å². The van der Waals surface area contributed by atoms with Crippen molar-refractivity contribution < 1.29 is 0 Å². The molecule has 3 rings (SSSR count). The van der Waals surface area contributed by atoms with Crippen LogP contribution in [0.4, 0.5) is 5.82 Å². The molecule has 0 amide bonds. The molecule has 0 aliphatic heterocycles. The van der Waals surface area contributed by atoms with Crippen molar-refractivity contribution in [3.05, 3.63) is 47.8 Å². The van der Waals surface area contributed by atoms with Crippen molar-refractivity contribution in [3.63, 3.8) is 0 Å². The molecule has 0 aliphatic carbocycles. The standard InChI is InChI=1S/C15H19N7/c1-11-9-12(2)22(19-11)14-6-5-13(17-18-14)21(4)10-15-16-7-8-20(15)3/h5-9H,10H2,1-4H3. The van der Waals surface area contributed by atoms with Gasteiger partial charge >= 0.3 is 0 Å². The number of aryl methyl sites for hydroxylation is 3. The first-order valence-electron chi connectivity index (χ1n) is 7.09. The average Bonchev–Trinajstić information content (AvgIpc) is 3.05.